The van der Waals surface area contributed by atoms with Gasteiger partial charge in [0, 0.05) is 31.4 Å². The van der Waals surface area contributed by atoms with Gasteiger partial charge in [0.05, 0.1) is 23.9 Å². The summed E-state index contributed by atoms with van der Waals surface area (Å²) in [7, 11) is 0. The number of aryl methyl sites for hydroxylation is 1. The number of guanidine groups is 1. The van der Waals surface area contributed by atoms with E-state index in [-0.39, 0.29) is 24.0 Å². The average molecular weight is 382 g/mol. The summed E-state index contributed by atoms with van der Waals surface area (Å²) < 4.78 is 5.27. The molecule has 2 heterocycles. The Morgan fingerprint density at radius 2 is 2.28 bits per heavy atom. The lowest BCUT2D eigenvalue weighted by molar-refractivity contribution is 0.0674. The van der Waals surface area contributed by atoms with Crippen molar-refractivity contribution in [3.63, 3.8) is 0 Å². The molecule has 1 saturated heterocycles. The van der Waals surface area contributed by atoms with E-state index < -0.39 is 0 Å². The number of halogens is 1. The van der Waals surface area contributed by atoms with Gasteiger partial charge >= 0.3 is 0 Å². The third-order valence-corrected chi connectivity index (χ3v) is 3.47. The minimum Gasteiger partial charge on any atom is -0.378 e. The molecule has 2 rings (SSSR count). The first kappa shape index (κ1) is 15.6. The maximum absolute atomic E-state index is 5.92. The van der Waals surface area contributed by atoms with Crippen LogP contribution in [0.15, 0.2) is 10.4 Å². The van der Waals surface area contributed by atoms with Crippen LogP contribution in [0.4, 0.5) is 0 Å². The van der Waals surface area contributed by atoms with Crippen LogP contribution < -0.4 is 5.73 Å². The van der Waals surface area contributed by atoms with Gasteiger partial charge in [0.2, 0.25) is 0 Å². The molecule has 1 fully saturated rings. The smallest absolute Gasteiger partial charge is 0.191 e. The molecule has 1 aliphatic rings. The second-order valence-electron chi connectivity index (χ2n) is 3.95. The lowest BCUT2D eigenvalue weighted by Gasteiger charge is -2.27. The van der Waals surface area contributed by atoms with Crippen LogP contribution >= 0.6 is 35.3 Å². The summed E-state index contributed by atoms with van der Waals surface area (Å²) in [5, 5.41) is 3.18. The molecule has 0 saturated carbocycles. The predicted molar refractivity (Wildman–Crippen MR) is 84.9 cm³/mol. The topological polar surface area (TPSA) is 63.7 Å². The second-order valence-corrected chi connectivity index (χ2v) is 5.01. The fourth-order valence-electron chi connectivity index (χ4n) is 1.70. The molecule has 0 bridgehead atoms. The zero-order valence-corrected chi connectivity index (χ0v) is 13.6. The van der Waals surface area contributed by atoms with Crippen molar-refractivity contribution in [2.75, 3.05) is 32.8 Å². The summed E-state index contributed by atoms with van der Waals surface area (Å²) >= 11 is 1.67. The van der Waals surface area contributed by atoms with Gasteiger partial charge in [-0.2, -0.15) is 0 Å². The number of morpholine rings is 1. The van der Waals surface area contributed by atoms with E-state index in [1.165, 1.54) is 0 Å². The molecule has 0 atom stereocenters. The predicted octanol–water partition coefficient (Wildman–Crippen LogP) is 1.26. The summed E-state index contributed by atoms with van der Waals surface area (Å²) in [5.74, 6) is 0.625. The van der Waals surface area contributed by atoms with Gasteiger partial charge in [0.25, 0.3) is 0 Å². The van der Waals surface area contributed by atoms with E-state index in [0.717, 1.165) is 43.4 Å². The molecule has 0 spiro atoms. The van der Waals surface area contributed by atoms with Crippen LogP contribution in [0.1, 0.15) is 10.7 Å². The number of thiazole rings is 1. The molecule has 2 N–H and O–H groups in total. The summed E-state index contributed by atoms with van der Waals surface area (Å²) in [6.07, 6.45) is 0.857. The highest BCUT2D eigenvalue weighted by atomic mass is 127. The van der Waals surface area contributed by atoms with Gasteiger partial charge < -0.3 is 15.4 Å². The molecule has 5 nitrogen and oxygen atoms in total. The van der Waals surface area contributed by atoms with Crippen LogP contribution in [0.2, 0.25) is 0 Å². The van der Waals surface area contributed by atoms with E-state index in [2.05, 4.69) is 20.3 Å². The number of ether oxygens (including phenoxy) is 1. The molecule has 7 heteroatoms. The molecule has 0 aromatic carbocycles. The molecule has 0 radical (unpaired) electrons. The lowest BCUT2D eigenvalue weighted by Crippen LogP contribution is -2.44. The summed E-state index contributed by atoms with van der Waals surface area (Å²) in [6.45, 7) is 5.87. The normalized spacial score (nSPS) is 16.5. The monoisotopic (exact) mass is 382 g/mol. The van der Waals surface area contributed by atoms with Crippen LogP contribution in [0.5, 0.6) is 0 Å². The Kier molecular flexibility index (Phi) is 6.87. The largest absolute Gasteiger partial charge is 0.378 e. The molecule has 0 aliphatic carbocycles. The first-order valence-electron chi connectivity index (χ1n) is 5.79. The number of aliphatic imine (C=N–C) groups is 1. The van der Waals surface area contributed by atoms with Crippen LogP contribution in [0.25, 0.3) is 0 Å². The van der Waals surface area contributed by atoms with Gasteiger partial charge in [-0.15, -0.1) is 35.3 Å². The molecule has 0 unspecified atom stereocenters. The minimum atomic E-state index is 0. The van der Waals surface area contributed by atoms with Gasteiger partial charge in [-0.25, -0.2) is 4.98 Å². The van der Waals surface area contributed by atoms with Crippen LogP contribution in [-0.4, -0.2) is 48.7 Å². The van der Waals surface area contributed by atoms with E-state index in [1.807, 2.05) is 6.92 Å². The van der Waals surface area contributed by atoms with Gasteiger partial charge in [-0.1, -0.05) is 0 Å². The Hall–Kier alpha value is -0.410. The zero-order chi connectivity index (χ0) is 12.1. The van der Waals surface area contributed by atoms with Gasteiger partial charge in [-0.05, 0) is 6.92 Å². The quantitative estimate of drug-likeness (QED) is 0.486. The highest BCUT2D eigenvalue weighted by molar-refractivity contribution is 14.0. The molecule has 18 heavy (non-hydrogen) atoms. The number of nitrogens with two attached hydrogens (primary N) is 1. The van der Waals surface area contributed by atoms with E-state index in [4.69, 9.17) is 10.5 Å². The van der Waals surface area contributed by atoms with Crippen molar-refractivity contribution >= 4 is 41.3 Å². The zero-order valence-electron chi connectivity index (χ0n) is 10.5. The van der Waals surface area contributed by atoms with Crippen LogP contribution in [-0.2, 0) is 11.2 Å². The van der Waals surface area contributed by atoms with Gasteiger partial charge in [0.15, 0.2) is 5.96 Å². The standard InChI is InChI=1S/C11H18N4OS.HI/c1-9-14-10(8-17-9)2-3-13-11(12)15-4-6-16-7-5-15;/h8H,2-7H2,1H3,(H2,12,13);1H. The second kappa shape index (κ2) is 7.90. The molecule has 1 aliphatic heterocycles. The molecule has 0 amide bonds. The number of aromatic nitrogens is 1. The van der Waals surface area contributed by atoms with E-state index in [0.29, 0.717) is 12.5 Å². The van der Waals surface area contributed by atoms with E-state index >= 15 is 0 Å². The maximum atomic E-state index is 5.92. The lowest BCUT2D eigenvalue weighted by atomic mass is 10.3. The Labute approximate surface area is 128 Å². The third-order valence-electron chi connectivity index (χ3n) is 2.64. The van der Waals surface area contributed by atoms with Crippen LogP contribution in [0.3, 0.4) is 0 Å². The Morgan fingerprint density at radius 3 is 2.89 bits per heavy atom. The Balaban J connectivity index is 0.00000162. The summed E-state index contributed by atoms with van der Waals surface area (Å²) in [6, 6.07) is 0. The Bertz CT molecular complexity index is 390. The van der Waals surface area contributed by atoms with Crippen molar-refractivity contribution < 1.29 is 4.74 Å². The van der Waals surface area contributed by atoms with Crippen molar-refractivity contribution in [3.05, 3.63) is 16.1 Å². The van der Waals surface area contributed by atoms with Crippen molar-refractivity contribution in [1.82, 2.24) is 9.88 Å². The maximum Gasteiger partial charge on any atom is 0.191 e. The highest BCUT2D eigenvalue weighted by Gasteiger charge is 2.11. The summed E-state index contributed by atoms with van der Waals surface area (Å²) in [4.78, 5) is 10.8. The van der Waals surface area contributed by atoms with Crippen molar-refractivity contribution in [3.8, 4) is 0 Å². The SMILES string of the molecule is Cc1nc(CCN=C(N)N2CCOCC2)cs1.I. The van der Waals surface area contributed by atoms with E-state index in [1.54, 1.807) is 11.3 Å². The summed E-state index contributed by atoms with van der Waals surface area (Å²) in [5.41, 5.74) is 7.02. The third kappa shape index (κ3) is 4.69. The number of rotatable bonds is 3. The minimum absolute atomic E-state index is 0. The highest BCUT2D eigenvalue weighted by Crippen LogP contribution is 2.08. The fourth-order valence-corrected chi connectivity index (χ4v) is 2.35. The molecular weight excluding hydrogens is 363 g/mol. The molecular formula is C11H19IN4OS. The molecule has 1 aromatic heterocycles. The number of nitrogens with zero attached hydrogens (tertiary/aromatic N) is 3. The van der Waals surface area contributed by atoms with Gasteiger partial charge in [0.1, 0.15) is 0 Å². The van der Waals surface area contributed by atoms with Gasteiger partial charge in [-0.3, -0.25) is 4.99 Å². The first-order valence-corrected chi connectivity index (χ1v) is 6.67. The molecule has 102 valence electrons. The first-order chi connectivity index (χ1) is 8.25. The van der Waals surface area contributed by atoms with Crippen molar-refractivity contribution in [2.45, 2.75) is 13.3 Å². The number of hydrogen-bond acceptors (Lipinski definition) is 4. The van der Waals surface area contributed by atoms with Crippen LogP contribution in [0, 0.1) is 6.92 Å². The van der Waals surface area contributed by atoms with Crippen molar-refractivity contribution in [2.24, 2.45) is 10.7 Å². The number of hydrogen-bond donors (Lipinski definition) is 1. The van der Waals surface area contributed by atoms with Crippen molar-refractivity contribution in [1.29, 1.82) is 0 Å². The molecule has 1 aromatic rings. The average Bonchev–Trinajstić information content (AvgIpc) is 2.76. The Morgan fingerprint density at radius 1 is 1.56 bits per heavy atom. The fraction of sp³-hybridized carbons (Fsp3) is 0.636. The van der Waals surface area contributed by atoms with E-state index in [9.17, 15) is 0 Å².